The minimum atomic E-state index is -0.729. The third-order valence-corrected chi connectivity index (χ3v) is 2.55. The summed E-state index contributed by atoms with van der Waals surface area (Å²) in [6, 6.07) is 5.46. The van der Waals surface area contributed by atoms with Crippen LogP contribution in [-0.4, -0.2) is 25.8 Å². The van der Waals surface area contributed by atoms with Gasteiger partial charge in [0.2, 0.25) is 0 Å². The first kappa shape index (κ1) is 14.0. The van der Waals surface area contributed by atoms with Gasteiger partial charge in [-0.05, 0) is 17.1 Å². The van der Waals surface area contributed by atoms with Crippen molar-refractivity contribution in [3.8, 4) is 5.75 Å². The van der Waals surface area contributed by atoms with E-state index in [1.165, 1.54) is 6.07 Å². The molecule has 0 aliphatic heterocycles. The Morgan fingerprint density at radius 2 is 1.86 bits per heavy atom. The molecule has 0 fully saturated rings. The van der Waals surface area contributed by atoms with E-state index in [9.17, 15) is 30.1 Å². The van der Waals surface area contributed by atoms with Gasteiger partial charge in [-0.2, -0.15) is 0 Å². The first-order chi connectivity index (χ1) is 9.88. The van der Waals surface area contributed by atoms with E-state index < -0.39 is 21.5 Å². The minimum absolute atomic E-state index is 0.0529. The van der Waals surface area contributed by atoms with E-state index in [1.807, 2.05) is 0 Å². The number of aromatic nitrogens is 1. The Bertz CT molecular complexity index is 738. The molecule has 0 aliphatic rings. The van der Waals surface area contributed by atoms with E-state index in [2.05, 4.69) is 10.3 Å². The van der Waals surface area contributed by atoms with Crippen molar-refractivity contribution in [2.45, 2.75) is 0 Å². The fraction of sp³-hybridized carbons (Fsp3) is 0. The number of nitrogens with one attached hydrogen (secondary N) is 2. The predicted octanol–water partition coefficient (Wildman–Crippen LogP) is 1.79. The van der Waals surface area contributed by atoms with Crippen molar-refractivity contribution in [3.63, 3.8) is 0 Å². The third-order valence-electron chi connectivity index (χ3n) is 2.55. The number of H-pyrrole nitrogens is 1. The molecule has 0 aliphatic carbocycles. The Kier molecular flexibility index (Phi) is 3.52. The predicted molar refractivity (Wildman–Crippen MR) is 70.2 cm³/mol. The van der Waals surface area contributed by atoms with E-state index in [0.29, 0.717) is 0 Å². The smallest absolute Gasteiger partial charge is 0.321 e. The number of nitrogens with zero attached hydrogens (tertiary/aromatic N) is 2. The molecule has 0 radical (unpaired) electrons. The molecule has 0 spiro atoms. The number of nitro benzene ring substituents is 1. The van der Waals surface area contributed by atoms with Gasteiger partial charge in [-0.25, -0.2) is 4.98 Å². The summed E-state index contributed by atoms with van der Waals surface area (Å²) in [5.74, 6) is -1.57. The molecule has 2 aromatic rings. The molecule has 3 N–H and O–H groups in total. The van der Waals surface area contributed by atoms with Crippen LogP contribution in [0.3, 0.4) is 0 Å². The molecule has 0 bridgehead atoms. The largest absolute Gasteiger partial charge is 0.506 e. The lowest BCUT2D eigenvalue weighted by Gasteiger charge is -2.04. The second kappa shape index (κ2) is 5.28. The highest BCUT2D eigenvalue weighted by atomic mass is 16.6. The molecule has 1 amide bonds. The van der Waals surface area contributed by atoms with Gasteiger partial charge in [0.25, 0.3) is 11.6 Å². The van der Waals surface area contributed by atoms with Crippen LogP contribution >= 0.6 is 0 Å². The maximum absolute atomic E-state index is 11.8. The van der Waals surface area contributed by atoms with E-state index in [0.717, 1.165) is 24.3 Å². The van der Waals surface area contributed by atoms with Gasteiger partial charge in [-0.3, -0.25) is 14.9 Å². The lowest BCUT2D eigenvalue weighted by Crippen LogP contribution is -2.12. The van der Waals surface area contributed by atoms with Crippen molar-refractivity contribution in [2.24, 2.45) is 0 Å². The Morgan fingerprint density at radius 3 is 2.38 bits per heavy atom. The number of phenols is 1. The number of hydrogen-bond acceptors (Lipinski definition) is 6. The number of carbonyl (C=O) groups excluding carboxylic acids is 1. The van der Waals surface area contributed by atoms with Crippen LogP contribution in [0, 0.1) is 20.2 Å². The maximum Gasteiger partial charge on any atom is 0.321 e. The standard InChI is InChI=1S/C11H8N4O6/c16-9-5-6(14(18)19)1-2-7(9)13-11(17)8-3-4-10(12-8)15(20)21/h1-5,12,16H,(H,13,17). The summed E-state index contributed by atoms with van der Waals surface area (Å²) in [7, 11) is 0. The second-order valence-electron chi connectivity index (χ2n) is 3.93. The zero-order chi connectivity index (χ0) is 15.6. The molecule has 0 saturated heterocycles. The molecule has 0 atom stereocenters. The molecule has 2 rings (SSSR count). The van der Waals surface area contributed by atoms with Crippen LogP contribution in [0.4, 0.5) is 17.2 Å². The number of carbonyl (C=O) groups is 1. The summed E-state index contributed by atoms with van der Waals surface area (Å²) in [5, 5.41) is 32.9. The molecule has 21 heavy (non-hydrogen) atoms. The first-order valence-electron chi connectivity index (χ1n) is 5.50. The minimum Gasteiger partial charge on any atom is -0.506 e. The average molecular weight is 292 g/mol. The molecule has 1 aromatic carbocycles. The summed E-state index contributed by atoms with van der Waals surface area (Å²) in [4.78, 5) is 33.7. The van der Waals surface area contributed by atoms with Crippen molar-refractivity contribution >= 4 is 23.1 Å². The molecule has 1 aromatic heterocycles. The molecule has 0 unspecified atom stereocenters. The van der Waals surface area contributed by atoms with Crippen molar-refractivity contribution in [2.75, 3.05) is 5.32 Å². The summed E-state index contributed by atoms with van der Waals surface area (Å²) < 4.78 is 0. The molecule has 0 saturated carbocycles. The highest BCUT2D eigenvalue weighted by Crippen LogP contribution is 2.28. The SMILES string of the molecule is O=C(Nc1ccc([N+](=O)[O-])cc1O)c1ccc([N+](=O)[O-])[nH]1. The number of anilines is 1. The number of nitro groups is 2. The first-order valence-corrected chi connectivity index (χ1v) is 5.50. The second-order valence-corrected chi connectivity index (χ2v) is 3.93. The fourth-order valence-corrected chi connectivity index (χ4v) is 1.55. The number of hydrogen-bond donors (Lipinski definition) is 3. The molecule has 1 heterocycles. The van der Waals surface area contributed by atoms with Crippen molar-refractivity contribution in [1.82, 2.24) is 4.98 Å². The van der Waals surface area contributed by atoms with E-state index in [4.69, 9.17) is 0 Å². The monoisotopic (exact) mass is 292 g/mol. The number of rotatable bonds is 4. The highest BCUT2D eigenvalue weighted by Gasteiger charge is 2.17. The van der Waals surface area contributed by atoms with E-state index >= 15 is 0 Å². The van der Waals surface area contributed by atoms with Crippen molar-refractivity contribution in [3.05, 3.63) is 56.3 Å². The van der Waals surface area contributed by atoms with Crippen molar-refractivity contribution in [1.29, 1.82) is 0 Å². The number of non-ortho nitro benzene ring substituents is 1. The summed E-state index contributed by atoms with van der Waals surface area (Å²) in [5.41, 5.74) is -0.469. The van der Waals surface area contributed by atoms with Crippen molar-refractivity contribution < 1.29 is 19.7 Å². The van der Waals surface area contributed by atoms with Crippen LogP contribution in [0.2, 0.25) is 0 Å². The number of phenolic OH excluding ortho intramolecular Hbond substituents is 1. The number of aromatic hydroxyl groups is 1. The number of amides is 1. The lowest BCUT2D eigenvalue weighted by atomic mass is 10.2. The van der Waals surface area contributed by atoms with Crippen LogP contribution in [0.25, 0.3) is 0 Å². The van der Waals surface area contributed by atoms with E-state index in [1.54, 1.807) is 0 Å². The van der Waals surface area contributed by atoms with Gasteiger partial charge in [0, 0.05) is 12.1 Å². The zero-order valence-electron chi connectivity index (χ0n) is 10.3. The Morgan fingerprint density at radius 1 is 1.14 bits per heavy atom. The maximum atomic E-state index is 11.8. The van der Waals surface area contributed by atoms with Gasteiger partial charge in [0.05, 0.1) is 16.7 Å². The Hall–Kier alpha value is -3.43. The summed E-state index contributed by atoms with van der Waals surface area (Å²) in [6.07, 6.45) is 0. The quantitative estimate of drug-likeness (QED) is 0.443. The van der Waals surface area contributed by atoms with Crippen LogP contribution in [0.5, 0.6) is 5.75 Å². The Balaban J connectivity index is 2.19. The molecular formula is C11H8N4O6. The highest BCUT2D eigenvalue weighted by molar-refractivity contribution is 6.04. The third kappa shape index (κ3) is 2.94. The molecule has 10 heteroatoms. The van der Waals surface area contributed by atoms with Gasteiger partial charge in [-0.15, -0.1) is 0 Å². The topological polar surface area (TPSA) is 151 Å². The zero-order valence-corrected chi connectivity index (χ0v) is 10.3. The van der Waals surface area contributed by atoms with E-state index in [-0.39, 0.29) is 22.9 Å². The average Bonchev–Trinajstić information content (AvgIpc) is 2.90. The van der Waals surface area contributed by atoms with Crippen LogP contribution in [-0.2, 0) is 0 Å². The van der Waals surface area contributed by atoms with Crippen LogP contribution in [0.1, 0.15) is 10.5 Å². The normalized spacial score (nSPS) is 10.1. The fourth-order valence-electron chi connectivity index (χ4n) is 1.55. The lowest BCUT2D eigenvalue weighted by molar-refractivity contribution is -0.389. The molecule has 108 valence electrons. The number of benzene rings is 1. The van der Waals surface area contributed by atoms with Gasteiger partial charge in [0.15, 0.2) is 5.69 Å². The Labute approximate surface area is 116 Å². The number of aromatic amines is 1. The molecular weight excluding hydrogens is 284 g/mol. The summed E-state index contributed by atoms with van der Waals surface area (Å²) in [6.45, 7) is 0. The molecule has 10 nitrogen and oxygen atoms in total. The summed E-state index contributed by atoms with van der Waals surface area (Å²) >= 11 is 0. The van der Waals surface area contributed by atoms with Gasteiger partial charge in [0.1, 0.15) is 5.75 Å². The van der Waals surface area contributed by atoms with Crippen LogP contribution < -0.4 is 5.32 Å². The van der Waals surface area contributed by atoms with Gasteiger partial charge >= 0.3 is 5.82 Å². The van der Waals surface area contributed by atoms with Gasteiger partial charge < -0.3 is 20.5 Å². The van der Waals surface area contributed by atoms with Crippen LogP contribution in [0.15, 0.2) is 30.3 Å². The van der Waals surface area contributed by atoms with Gasteiger partial charge in [-0.1, -0.05) is 0 Å².